The molecule has 3 aromatic rings. The first kappa shape index (κ1) is 23.0. The second-order valence-electron chi connectivity index (χ2n) is 7.43. The summed E-state index contributed by atoms with van der Waals surface area (Å²) in [6, 6.07) is 9.60. The number of anilines is 1. The molecule has 2 aromatic carbocycles. The first-order valence-electron chi connectivity index (χ1n) is 10.6. The van der Waals surface area contributed by atoms with Crippen LogP contribution >= 0.6 is 11.3 Å². The average molecular weight is 442 g/mol. The highest BCUT2D eigenvalue weighted by Gasteiger charge is 2.26. The van der Waals surface area contributed by atoms with Gasteiger partial charge in [0.05, 0.1) is 30.0 Å². The van der Waals surface area contributed by atoms with E-state index in [0.717, 1.165) is 29.9 Å². The van der Waals surface area contributed by atoms with Crippen molar-refractivity contribution in [1.82, 2.24) is 9.88 Å². The number of hydrogen-bond donors (Lipinski definition) is 0. The minimum absolute atomic E-state index is 0.143. The lowest BCUT2D eigenvalue weighted by Gasteiger charge is -2.25. The number of fused-ring (bicyclic) bond motifs is 1. The molecule has 166 valence electrons. The Morgan fingerprint density at radius 3 is 2.39 bits per heavy atom. The molecule has 0 aliphatic heterocycles. The van der Waals surface area contributed by atoms with E-state index in [9.17, 15) is 4.79 Å². The van der Waals surface area contributed by atoms with Gasteiger partial charge in [0.25, 0.3) is 5.91 Å². The van der Waals surface area contributed by atoms with Crippen LogP contribution in [0.1, 0.15) is 35.3 Å². The summed E-state index contributed by atoms with van der Waals surface area (Å²) in [5, 5.41) is 0.696. The summed E-state index contributed by atoms with van der Waals surface area (Å²) in [5.74, 6) is 0.832. The Morgan fingerprint density at radius 2 is 1.74 bits per heavy atom. The SMILES string of the molecule is CCN(CC)CCN(C(=O)c1cccc(OC)c1OC)c1nc2cc(C)c(C)cc2s1. The fraction of sp³-hybridized carbons (Fsp3) is 0.417. The maximum absolute atomic E-state index is 13.7. The van der Waals surface area contributed by atoms with Gasteiger partial charge in [-0.15, -0.1) is 0 Å². The van der Waals surface area contributed by atoms with Gasteiger partial charge in [-0.05, 0) is 62.3 Å². The maximum atomic E-state index is 13.7. The number of aryl methyl sites for hydroxylation is 2. The third-order valence-corrected chi connectivity index (χ3v) is 6.68. The van der Waals surface area contributed by atoms with Crippen LogP contribution in [0.15, 0.2) is 30.3 Å². The molecule has 0 bridgehead atoms. The van der Waals surface area contributed by atoms with Crippen LogP contribution in [-0.4, -0.2) is 56.2 Å². The molecule has 0 unspecified atom stereocenters. The summed E-state index contributed by atoms with van der Waals surface area (Å²) in [6.45, 7) is 11.6. The van der Waals surface area contributed by atoms with E-state index >= 15 is 0 Å². The van der Waals surface area contributed by atoms with E-state index in [2.05, 4.69) is 44.7 Å². The van der Waals surface area contributed by atoms with Gasteiger partial charge in [-0.2, -0.15) is 0 Å². The number of rotatable bonds is 9. The molecule has 7 heteroatoms. The van der Waals surface area contributed by atoms with Gasteiger partial charge >= 0.3 is 0 Å². The number of carbonyl (C=O) groups excluding carboxylic acids is 1. The van der Waals surface area contributed by atoms with Crippen molar-refractivity contribution in [1.29, 1.82) is 0 Å². The van der Waals surface area contributed by atoms with Crippen molar-refractivity contribution < 1.29 is 14.3 Å². The molecular weight excluding hydrogens is 410 g/mol. The lowest BCUT2D eigenvalue weighted by Crippen LogP contribution is -2.39. The van der Waals surface area contributed by atoms with Crippen LogP contribution in [0, 0.1) is 13.8 Å². The van der Waals surface area contributed by atoms with Crippen LogP contribution < -0.4 is 14.4 Å². The van der Waals surface area contributed by atoms with Crippen LogP contribution in [0.3, 0.4) is 0 Å². The van der Waals surface area contributed by atoms with E-state index in [4.69, 9.17) is 14.5 Å². The Kier molecular flexibility index (Phi) is 7.51. The lowest BCUT2D eigenvalue weighted by molar-refractivity contribution is 0.0980. The van der Waals surface area contributed by atoms with E-state index in [1.165, 1.54) is 11.1 Å². The molecular formula is C24H31N3O3S. The van der Waals surface area contributed by atoms with Crippen molar-refractivity contribution in [3.63, 3.8) is 0 Å². The van der Waals surface area contributed by atoms with Crippen molar-refractivity contribution in [2.45, 2.75) is 27.7 Å². The smallest absolute Gasteiger partial charge is 0.264 e. The van der Waals surface area contributed by atoms with E-state index in [1.807, 2.05) is 6.07 Å². The largest absolute Gasteiger partial charge is 0.493 e. The fourth-order valence-electron chi connectivity index (χ4n) is 3.55. The minimum atomic E-state index is -0.143. The van der Waals surface area contributed by atoms with Crippen LogP contribution in [0.4, 0.5) is 5.13 Å². The normalized spacial score (nSPS) is 11.2. The average Bonchev–Trinajstić information content (AvgIpc) is 3.18. The van der Waals surface area contributed by atoms with Crippen molar-refractivity contribution in [2.24, 2.45) is 0 Å². The summed E-state index contributed by atoms with van der Waals surface area (Å²) in [7, 11) is 3.13. The third kappa shape index (κ3) is 4.83. The summed E-state index contributed by atoms with van der Waals surface area (Å²) in [6.07, 6.45) is 0. The second-order valence-corrected chi connectivity index (χ2v) is 8.43. The van der Waals surface area contributed by atoms with Gasteiger partial charge in [-0.3, -0.25) is 9.69 Å². The Hall–Kier alpha value is -2.64. The molecule has 31 heavy (non-hydrogen) atoms. The molecule has 3 rings (SSSR count). The quantitative estimate of drug-likeness (QED) is 0.472. The molecule has 0 spiro atoms. The number of hydrogen-bond acceptors (Lipinski definition) is 6. The number of thiazole rings is 1. The van der Waals surface area contributed by atoms with Crippen LogP contribution in [-0.2, 0) is 0 Å². The number of benzene rings is 2. The van der Waals surface area contributed by atoms with Crippen molar-refractivity contribution in [2.75, 3.05) is 45.3 Å². The summed E-state index contributed by atoms with van der Waals surface area (Å²) < 4.78 is 12.0. The Bertz CT molecular complexity index is 1020. The molecule has 1 aromatic heterocycles. The van der Waals surface area contributed by atoms with Gasteiger partial charge in [-0.25, -0.2) is 4.98 Å². The molecule has 1 amide bonds. The van der Waals surface area contributed by atoms with Gasteiger partial charge in [0.15, 0.2) is 16.6 Å². The highest BCUT2D eigenvalue weighted by Crippen LogP contribution is 2.35. The second kappa shape index (κ2) is 10.1. The number of likely N-dealkylation sites (N-methyl/N-ethyl adjacent to an activating group) is 1. The third-order valence-electron chi connectivity index (χ3n) is 5.64. The molecule has 0 aliphatic carbocycles. The maximum Gasteiger partial charge on any atom is 0.264 e. The summed E-state index contributed by atoms with van der Waals surface area (Å²) in [5.41, 5.74) is 3.80. The Morgan fingerprint density at radius 1 is 1.03 bits per heavy atom. The van der Waals surface area contributed by atoms with Crippen molar-refractivity contribution in [3.05, 3.63) is 47.0 Å². The standard InChI is InChI=1S/C24H31N3O3S/c1-7-26(8-2)12-13-27(23(28)18-10-9-11-20(29-5)22(18)30-6)24-25-19-14-16(3)17(4)15-21(19)31-24/h9-11,14-15H,7-8,12-13H2,1-6H3. The number of ether oxygens (including phenoxy) is 2. The van der Waals surface area contributed by atoms with E-state index in [1.54, 1.807) is 42.6 Å². The molecule has 1 heterocycles. The van der Waals surface area contributed by atoms with Crippen LogP contribution in [0.2, 0.25) is 0 Å². The number of methoxy groups -OCH3 is 2. The zero-order valence-corrected chi connectivity index (χ0v) is 20.0. The minimum Gasteiger partial charge on any atom is -0.493 e. The highest BCUT2D eigenvalue weighted by molar-refractivity contribution is 7.22. The monoisotopic (exact) mass is 441 g/mol. The molecule has 0 radical (unpaired) electrons. The van der Waals surface area contributed by atoms with Gasteiger partial charge in [0.1, 0.15) is 0 Å². The van der Waals surface area contributed by atoms with E-state index < -0.39 is 0 Å². The number of carbonyl (C=O) groups is 1. The summed E-state index contributed by atoms with van der Waals surface area (Å²) in [4.78, 5) is 22.6. The molecule has 0 N–H and O–H groups in total. The molecule has 0 aliphatic rings. The molecule has 0 saturated heterocycles. The van der Waals surface area contributed by atoms with Gasteiger partial charge in [0.2, 0.25) is 0 Å². The first-order chi connectivity index (χ1) is 14.9. The summed E-state index contributed by atoms with van der Waals surface area (Å²) >= 11 is 1.54. The van der Waals surface area contributed by atoms with Crippen molar-refractivity contribution >= 4 is 32.6 Å². The van der Waals surface area contributed by atoms with Crippen LogP contribution in [0.5, 0.6) is 11.5 Å². The Balaban J connectivity index is 2.05. The molecule has 6 nitrogen and oxygen atoms in total. The Labute approximate surface area is 188 Å². The number of amides is 1. The van der Waals surface area contributed by atoms with Gasteiger partial charge in [-0.1, -0.05) is 31.3 Å². The first-order valence-corrected chi connectivity index (χ1v) is 11.4. The van der Waals surface area contributed by atoms with Gasteiger partial charge < -0.3 is 14.4 Å². The van der Waals surface area contributed by atoms with Gasteiger partial charge in [0, 0.05) is 13.1 Å². The predicted molar refractivity (Wildman–Crippen MR) is 128 cm³/mol. The topological polar surface area (TPSA) is 54.9 Å². The number of aromatic nitrogens is 1. The molecule has 0 fully saturated rings. The van der Waals surface area contributed by atoms with Crippen LogP contribution in [0.25, 0.3) is 10.2 Å². The van der Waals surface area contributed by atoms with Crippen molar-refractivity contribution in [3.8, 4) is 11.5 Å². The zero-order chi connectivity index (χ0) is 22.5. The fourth-order valence-corrected chi connectivity index (χ4v) is 4.62. The zero-order valence-electron chi connectivity index (χ0n) is 19.2. The van der Waals surface area contributed by atoms with E-state index in [0.29, 0.717) is 28.7 Å². The highest BCUT2D eigenvalue weighted by atomic mass is 32.1. The molecule has 0 saturated carbocycles. The lowest BCUT2D eigenvalue weighted by atomic mass is 10.1. The van der Waals surface area contributed by atoms with E-state index in [-0.39, 0.29) is 5.91 Å². The number of para-hydroxylation sites is 1. The predicted octanol–water partition coefficient (Wildman–Crippen LogP) is 4.92. The molecule has 0 atom stereocenters. The number of nitrogens with zero attached hydrogens (tertiary/aromatic N) is 3.